The molecule has 4 heteroatoms. The van der Waals surface area contributed by atoms with Crippen LogP contribution in [-0.4, -0.2) is 25.5 Å². The van der Waals surface area contributed by atoms with Crippen LogP contribution in [0.15, 0.2) is 0 Å². The van der Waals surface area contributed by atoms with Gasteiger partial charge in [-0.25, -0.2) is 0 Å². The van der Waals surface area contributed by atoms with Crippen LogP contribution >= 0.6 is 0 Å². The first kappa shape index (κ1) is 14.0. The van der Waals surface area contributed by atoms with Crippen LogP contribution in [0.3, 0.4) is 0 Å². The highest BCUT2D eigenvalue weighted by Crippen LogP contribution is 2.30. The summed E-state index contributed by atoms with van der Waals surface area (Å²) in [5.74, 6) is 0.0931. The highest BCUT2D eigenvalue weighted by molar-refractivity contribution is 5.83. The van der Waals surface area contributed by atoms with Crippen molar-refractivity contribution in [3.8, 4) is 6.07 Å². The molecular weight excluding hydrogens is 214 g/mol. The number of hydrogen-bond donors (Lipinski definition) is 2. The monoisotopic (exact) mass is 237 g/mol. The van der Waals surface area contributed by atoms with E-state index >= 15 is 0 Å². The minimum atomic E-state index is -0.493. The molecule has 1 atom stereocenters. The third-order valence-electron chi connectivity index (χ3n) is 3.62. The predicted molar refractivity (Wildman–Crippen MR) is 67.2 cm³/mol. The zero-order valence-corrected chi connectivity index (χ0v) is 11.1. The van der Waals surface area contributed by atoms with Crippen molar-refractivity contribution in [3.05, 3.63) is 0 Å². The lowest BCUT2D eigenvalue weighted by Gasteiger charge is -2.36. The summed E-state index contributed by atoms with van der Waals surface area (Å²) in [5.41, 5.74) is -0.767. The third-order valence-corrected chi connectivity index (χ3v) is 3.62. The average molecular weight is 237 g/mol. The molecule has 0 saturated carbocycles. The van der Waals surface area contributed by atoms with Crippen molar-refractivity contribution in [3.63, 3.8) is 0 Å². The zero-order valence-electron chi connectivity index (χ0n) is 11.1. The van der Waals surface area contributed by atoms with Gasteiger partial charge in [-0.3, -0.25) is 4.79 Å². The molecule has 0 aromatic heterocycles. The smallest absolute Gasteiger partial charge is 0.227 e. The molecule has 1 amide bonds. The number of nitrogens with one attached hydrogen (secondary N) is 2. The number of rotatable bonds is 4. The zero-order chi connectivity index (χ0) is 12.9. The number of nitriles is 1. The van der Waals surface area contributed by atoms with Crippen LogP contribution in [0.5, 0.6) is 0 Å². The quantitative estimate of drug-likeness (QED) is 0.777. The van der Waals surface area contributed by atoms with E-state index in [1.165, 1.54) is 0 Å². The minimum Gasteiger partial charge on any atom is -0.354 e. The molecule has 1 fully saturated rings. The van der Waals surface area contributed by atoms with Crippen LogP contribution in [0.1, 0.15) is 40.0 Å². The van der Waals surface area contributed by atoms with Gasteiger partial charge in [0.05, 0.1) is 16.9 Å². The van der Waals surface area contributed by atoms with Crippen LogP contribution in [0.2, 0.25) is 0 Å². The van der Waals surface area contributed by atoms with Gasteiger partial charge in [-0.05, 0) is 39.7 Å². The Labute approximate surface area is 104 Å². The van der Waals surface area contributed by atoms with Crippen molar-refractivity contribution < 1.29 is 4.79 Å². The number of amides is 1. The molecule has 1 heterocycles. The molecule has 1 saturated heterocycles. The normalized spacial score (nSPS) is 25.1. The SMILES string of the molecule is CCC1(C(=O)NCC(C)(C)C#N)CCCNC1. The second-order valence-corrected chi connectivity index (χ2v) is 5.59. The van der Waals surface area contributed by atoms with E-state index in [1.807, 2.05) is 13.8 Å². The van der Waals surface area contributed by atoms with E-state index in [4.69, 9.17) is 5.26 Å². The summed E-state index contributed by atoms with van der Waals surface area (Å²) in [6, 6.07) is 2.20. The lowest BCUT2D eigenvalue weighted by molar-refractivity contribution is -0.132. The maximum absolute atomic E-state index is 12.3. The topological polar surface area (TPSA) is 64.9 Å². The Morgan fingerprint density at radius 3 is 2.76 bits per heavy atom. The minimum absolute atomic E-state index is 0.0931. The van der Waals surface area contributed by atoms with Crippen molar-refractivity contribution >= 4 is 5.91 Å². The number of hydrogen-bond acceptors (Lipinski definition) is 3. The lowest BCUT2D eigenvalue weighted by atomic mass is 9.77. The van der Waals surface area contributed by atoms with Crippen LogP contribution in [-0.2, 0) is 4.79 Å². The fourth-order valence-electron chi connectivity index (χ4n) is 2.15. The van der Waals surface area contributed by atoms with E-state index in [0.29, 0.717) is 6.54 Å². The second kappa shape index (κ2) is 5.50. The standard InChI is InChI=1S/C13H23N3O/c1-4-13(6-5-7-15-10-13)11(17)16-9-12(2,3)8-14/h15H,4-7,9-10H2,1-3H3,(H,16,17). The fourth-order valence-corrected chi connectivity index (χ4v) is 2.15. The number of nitrogens with zero attached hydrogens (tertiary/aromatic N) is 1. The molecule has 1 aliphatic heterocycles. The Morgan fingerprint density at radius 1 is 1.59 bits per heavy atom. The summed E-state index contributed by atoms with van der Waals surface area (Å²) < 4.78 is 0. The summed E-state index contributed by atoms with van der Waals surface area (Å²) >= 11 is 0. The molecule has 0 aromatic carbocycles. The summed E-state index contributed by atoms with van der Waals surface area (Å²) in [6.45, 7) is 7.91. The maximum Gasteiger partial charge on any atom is 0.227 e. The first-order valence-electron chi connectivity index (χ1n) is 6.36. The third kappa shape index (κ3) is 3.44. The van der Waals surface area contributed by atoms with Gasteiger partial charge in [0.2, 0.25) is 5.91 Å². The van der Waals surface area contributed by atoms with Crippen molar-refractivity contribution in [1.29, 1.82) is 5.26 Å². The summed E-state index contributed by atoms with van der Waals surface area (Å²) in [7, 11) is 0. The van der Waals surface area contributed by atoms with Gasteiger partial charge in [-0.1, -0.05) is 6.92 Å². The molecule has 0 bridgehead atoms. The number of carbonyl (C=O) groups excluding carboxylic acids is 1. The van der Waals surface area contributed by atoms with E-state index < -0.39 is 5.41 Å². The van der Waals surface area contributed by atoms with E-state index in [-0.39, 0.29) is 11.3 Å². The van der Waals surface area contributed by atoms with Crippen LogP contribution < -0.4 is 10.6 Å². The van der Waals surface area contributed by atoms with Gasteiger partial charge in [-0.2, -0.15) is 5.26 Å². The maximum atomic E-state index is 12.3. The van der Waals surface area contributed by atoms with Gasteiger partial charge < -0.3 is 10.6 Å². The number of carbonyl (C=O) groups is 1. The fraction of sp³-hybridized carbons (Fsp3) is 0.846. The summed E-state index contributed by atoms with van der Waals surface area (Å²) in [4.78, 5) is 12.3. The van der Waals surface area contributed by atoms with Gasteiger partial charge in [0, 0.05) is 13.1 Å². The molecule has 17 heavy (non-hydrogen) atoms. The Bertz CT molecular complexity index is 311. The van der Waals surface area contributed by atoms with Gasteiger partial charge in [-0.15, -0.1) is 0 Å². The Morgan fingerprint density at radius 2 is 2.29 bits per heavy atom. The molecule has 1 unspecified atom stereocenters. The Kier molecular flexibility index (Phi) is 4.53. The first-order chi connectivity index (χ1) is 7.96. The first-order valence-corrected chi connectivity index (χ1v) is 6.36. The van der Waals surface area contributed by atoms with E-state index in [2.05, 4.69) is 23.6 Å². The highest BCUT2D eigenvalue weighted by Gasteiger charge is 2.38. The summed E-state index contributed by atoms with van der Waals surface area (Å²) in [5, 5.41) is 15.2. The van der Waals surface area contributed by atoms with E-state index in [0.717, 1.165) is 32.4 Å². The van der Waals surface area contributed by atoms with Crippen molar-refractivity contribution in [1.82, 2.24) is 10.6 Å². The van der Waals surface area contributed by atoms with Crippen molar-refractivity contribution in [2.75, 3.05) is 19.6 Å². The average Bonchev–Trinajstić information content (AvgIpc) is 2.37. The molecule has 0 spiro atoms. The molecule has 2 N–H and O–H groups in total. The van der Waals surface area contributed by atoms with Crippen molar-refractivity contribution in [2.45, 2.75) is 40.0 Å². The Hall–Kier alpha value is -1.08. The molecule has 96 valence electrons. The molecule has 0 aromatic rings. The van der Waals surface area contributed by atoms with Gasteiger partial charge >= 0.3 is 0 Å². The van der Waals surface area contributed by atoms with Crippen LogP contribution in [0.25, 0.3) is 0 Å². The highest BCUT2D eigenvalue weighted by atomic mass is 16.2. The molecule has 1 rings (SSSR count). The van der Waals surface area contributed by atoms with Crippen LogP contribution in [0, 0.1) is 22.2 Å². The van der Waals surface area contributed by atoms with E-state index in [9.17, 15) is 4.79 Å². The lowest BCUT2D eigenvalue weighted by Crippen LogP contribution is -2.51. The summed E-state index contributed by atoms with van der Waals surface area (Å²) in [6.07, 6.45) is 2.83. The van der Waals surface area contributed by atoms with Crippen LogP contribution in [0.4, 0.5) is 0 Å². The van der Waals surface area contributed by atoms with Gasteiger partial charge in [0.1, 0.15) is 0 Å². The molecule has 0 aliphatic carbocycles. The largest absolute Gasteiger partial charge is 0.354 e. The predicted octanol–water partition coefficient (Wildman–Crippen LogP) is 1.43. The van der Waals surface area contributed by atoms with E-state index in [1.54, 1.807) is 0 Å². The molecule has 4 nitrogen and oxygen atoms in total. The van der Waals surface area contributed by atoms with Gasteiger partial charge in [0.25, 0.3) is 0 Å². The molecule has 1 aliphatic rings. The molecular formula is C13H23N3O. The molecule has 0 radical (unpaired) electrons. The number of piperidine rings is 1. The Balaban J connectivity index is 2.59. The van der Waals surface area contributed by atoms with Gasteiger partial charge in [0.15, 0.2) is 0 Å². The van der Waals surface area contributed by atoms with Crippen molar-refractivity contribution in [2.24, 2.45) is 10.8 Å². The second-order valence-electron chi connectivity index (χ2n) is 5.59.